The molecule has 0 bridgehead atoms. The van der Waals surface area contributed by atoms with Crippen LogP contribution >= 0.6 is 0 Å². The van der Waals surface area contributed by atoms with Gasteiger partial charge in [-0.05, 0) is 19.4 Å². The highest BCUT2D eigenvalue weighted by atomic mass is 14.9. The van der Waals surface area contributed by atoms with Crippen LogP contribution in [0.2, 0.25) is 0 Å². The number of hydrogen-bond acceptors (Lipinski definition) is 1. The summed E-state index contributed by atoms with van der Waals surface area (Å²) in [5, 5.41) is 3.21. The van der Waals surface area contributed by atoms with Crippen molar-refractivity contribution in [2.75, 3.05) is 13.1 Å². The Morgan fingerprint density at radius 2 is 2.25 bits per heavy atom. The molecule has 1 fully saturated rings. The molecule has 1 unspecified atom stereocenters. The van der Waals surface area contributed by atoms with Gasteiger partial charge in [-0.15, -0.1) is 0 Å². The summed E-state index contributed by atoms with van der Waals surface area (Å²) >= 11 is 0. The molecule has 0 aromatic carbocycles. The third-order valence-electron chi connectivity index (χ3n) is 1.55. The SMILES string of the molecule is [NH]C1CCCCNC1. The van der Waals surface area contributed by atoms with Gasteiger partial charge in [-0.3, -0.25) is 5.73 Å². The first-order chi connectivity index (χ1) is 3.89. The Morgan fingerprint density at radius 1 is 1.38 bits per heavy atom. The van der Waals surface area contributed by atoms with Gasteiger partial charge in [0.1, 0.15) is 0 Å². The van der Waals surface area contributed by atoms with E-state index in [-0.39, 0.29) is 6.04 Å². The van der Waals surface area contributed by atoms with Crippen molar-refractivity contribution >= 4 is 0 Å². The Kier molecular flexibility index (Phi) is 2.30. The van der Waals surface area contributed by atoms with Crippen LogP contribution in [0.25, 0.3) is 0 Å². The van der Waals surface area contributed by atoms with E-state index in [2.05, 4.69) is 5.32 Å². The van der Waals surface area contributed by atoms with Crippen molar-refractivity contribution < 1.29 is 0 Å². The molecule has 1 aliphatic rings. The molecule has 8 heavy (non-hydrogen) atoms. The molecular formula is C6H13N2. The highest BCUT2D eigenvalue weighted by molar-refractivity contribution is 4.67. The van der Waals surface area contributed by atoms with Gasteiger partial charge in [-0.25, -0.2) is 0 Å². The monoisotopic (exact) mass is 113 g/mol. The molecule has 1 heterocycles. The molecule has 1 atom stereocenters. The second kappa shape index (κ2) is 3.05. The minimum Gasteiger partial charge on any atom is -0.315 e. The topological polar surface area (TPSA) is 35.8 Å². The fraction of sp³-hybridized carbons (Fsp3) is 1.00. The van der Waals surface area contributed by atoms with Crippen LogP contribution in [-0.4, -0.2) is 19.1 Å². The van der Waals surface area contributed by atoms with Crippen LogP contribution in [0.1, 0.15) is 19.3 Å². The van der Waals surface area contributed by atoms with Crippen molar-refractivity contribution in [1.82, 2.24) is 11.1 Å². The lowest BCUT2D eigenvalue weighted by Crippen LogP contribution is -2.25. The third-order valence-corrected chi connectivity index (χ3v) is 1.55. The van der Waals surface area contributed by atoms with Gasteiger partial charge in [0.2, 0.25) is 0 Å². The van der Waals surface area contributed by atoms with Crippen LogP contribution in [0.15, 0.2) is 0 Å². The molecule has 47 valence electrons. The Labute approximate surface area is 50.4 Å². The Balaban J connectivity index is 2.17. The van der Waals surface area contributed by atoms with Gasteiger partial charge in [0, 0.05) is 12.6 Å². The lowest BCUT2D eigenvalue weighted by molar-refractivity contribution is 0.585. The van der Waals surface area contributed by atoms with Crippen LogP contribution in [0, 0.1) is 0 Å². The van der Waals surface area contributed by atoms with Gasteiger partial charge in [-0.2, -0.15) is 0 Å². The van der Waals surface area contributed by atoms with Crippen molar-refractivity contribution in [3.05, 3.63) is 0 Å². The molecule has 0 aromatic heterocycles. The molecule has 1 radical (unpaired) electrons. The maximum atomic E-state index is 7.35. The molecule has 1 saturated heterocycles. The van der Waals surface area contributed by atoms with E-state index in [0.717, 1.165) is 19.5 Å². The van der Waals surface area contributed by atoms with E-state index in [0.29, 0.717) is 0 Å². The lowest BCUT2D eigenvalue weighted by Gasteiger charge is -2.03. The molecular weight excluding hydrogens is 100 g/mol. The fourth-order valence-corrected chi connectivity index (χ4v) is 1.02. The van der Waals surface area contributed by atoms with E-state index < -0.39 is 0 Å². The number of nitrogens with one attached hydrogen (secondary N) is 2. The molecule has 1 aliphatic heterocycles. The van der Waals surface area contributed by atoms with E-state index in [9.17, 15) is 0 Å². The molecule has 0 aromatic rings. The Bertz CT molecular complexity index is 55.5. The summed E-state index contributed by atoms with van der Waals surface area (Å²) < 4.78 is 0. The lowest BCUT2D eigenvalue weighted by atomic mass is 10.2. The van der Waals surface area contributed by atoms with Crippen molar-refractivity contribution in [2.45, 2.75) is 25.3 Å². The molecule has 2 nitrogen and oxygen atoms in total. The highest BCUT2D eigenvalue weighted by Gasteiger charge is 2.05. The minimum atomic E-state index is 0.164. The second-order valence-corrected chi connectivity index (χ2v) is 2.40. The van der Waals surface area contributed by atoms with Crippen LogP contribution in [0.3, 0.4) is 0 Å². The summed E-state index contributed by atoms with van der Waals surface area (Å²) in [6.07, 6.45) is 3.59. The molecule has 0 amide bonds. The van der Waals surface area contributed by atoms with E-state index in [1.54, 1.807) is 0 Å². The van der Waals surface area contributed by atoms with Gasteiger partial charge < -0.3 is 5.32 Å². The second-order valence-electron chi connectivity index (χ2n) is 2.40. The van der Waals surface area contributed by atoms with E-state index in [4.69, 9.17) is 5.73 Å². The van der Waals surface area contributed by atoms with Gasteiger partial charge >= 0.3 is 0 Å². The first kappa shape index (κ1) is 6.05. The summed E-state index contributed by atoms with van der Waals surface area (Å²) in [5.41, 5.74) is 7.35. The summed E-state index contributed by atoms with van der Waals surface area (Å²) in [7, 11) is 0. The summed E-state index contributed by atoms with van der Waals surface area (Å²) in [5.74, 6) is 0. The molecule has 0 spiro atoms. The zero-order chi connectivity index (χ0) is 5.82. The molecule has 1 rings (SSSR count). The van der Waals surface area contributed by atoms with Crippen LogP contribution in [0.5, 0.6) is 0 Å². The smallest absolute Gasteiger partial charge is 0.0337 e. The van der Waals surface area contributed by atoms with E-state index in [1.165, 1.54) is 12.8 Å². The van der Waals surface area contributed by atoms with E-state index >= 15 is 0 Å². The molecule has 0 saturated carbocycles. The predicted octanol–water partition coefficient (Wildman–Crippen LogP) is 0.411. The van der Waals surface area contributed by atoms with Crippen molar-refractivity contribution in [1.29, 1.82) is 0 Å². The first-order valence-corrected chi connectivity index (χ1v) is 3.31. The van der Waals surface area contributed by atoms with Gasteiger partial charge in [-0.1, -0.05) is 6.42 Å². The summed E-state index contributed by atoms with van der Waals surface area (Å²) in [6, 6.07) is 0.164. The van der Waals surface area contributed by atoms with Crippen LogP contribution < -0.4 is 11.1 Å². The highest BCUT2D eigenvalue weighted by Crippen LogP contribution is 2.01. The van der Waals surface area contributed by atoms with Crippen molar-refractivity contribution in [2.24, 2.45) is 0 Å². The quantitative estimate of drug-likeness (QED) is 0.485. The third kappa shape index (κ3) is 1.80. The minimum absolute atomic E-state index is 0.164. The van der Waals surface area contributed by atoms with Crippen molar-refractivity contribution in [3.8, 4) is 0 Å². The number of rotatable bonds is 0. The van der Waals surface area contributed by atoms with Gasteiger partial charge in [0.25, 0.3) is 0 Å². The molecule has 2 heteroatoms. The first-order valence-electron chi connectivity index (χ1n) is 3.31. The zero-order valence-corrected chi connectivity index (χ0v) is 5.11. The largest absolute Gasteiger partial charge is 0.315 e. The summed E-state index contributed by atoms with van der Waals surface area (Å²) in [4.78, 5) is 0. The van der Waals surface area contributed by atoms with Gasteiger partial charge in [0.05, 0.1) is 0 Å². The predicted molar refractivity (Wildman–Crippen MR) is 33.6 cm³/mol. The number of hydrogen-bond donors (Lipinski definition) is 1. The van der Waals surface area contributed by atoms with Crippen LogP contribution in [-0.2, 0) is 0 Å². The molecule has 2 N–H and O–H groups in total. The molecule has 0 aliphatic carbocycles. The van der Waals surface area contributed by atoms with Crippen molar-refractivity contribution in [3.63, 3.8) is 0 Å². The summed E-state index contributed by atoms with van der Waals surface area (Å²) in [6.45, 7) is 2.02. The van der Waals surface area contributed by atoms with E-state index in [1.807, 2.05) is 0 Å². The maximum Gasteiger partial charge on any atom is 0.0337 e. The average molecular weight is 113 g/mol. The fourth-order valence-electron chi connectivity index (χ4n) is 1.02. The Hall–Kier alpha value is -0.0800. The normalized spacial score (nSPS) is 31.9. The maximum absolute atomic E-state index is 7.35. The average Bonchev–Trinajstić information content (AvgIpc) is 1.94. The standard InChI is InChI=1S/C6H13N2/c7-6-3-1-2-4-8-5-6/h6-8H,1-5H2. The van der Waals surface area contributed by atoms with Gasteiger partial charge in [0.15, 0.2) is 0 Å². The Morgan fingerprint density at radius 3 is 3.12 bits per heavy atom. The van der Waals surface area contributed by atoms with Crippen LogP contribution in [0.4, 0.5) is 0 Å². The zero-order valence-electron chi connectivity index (χ0n) is 5.11.